The lowest BCUT2D eigenvalue weighted by atomic mass is 10.1. The van der Waals surface area contributed by atoms with Crippen LogP contribution in [0.4, 0.5) is 10.1 Å². The van der Waals surface area contributed by atoms with Crippen LogP contribution in [0.5, 0.6) is 0 Å². The molecule has 0 heterocycles. The summed E-state index contributed by atoms with van der Waals surface area (Å²) in [5, 5.41) is 3.16. The summed E-state index contributed by atoms with van der Waals surface area (Å²) < 4.78 is 40.1. The van der Waals surface area contributed by atoms with E-state index >= 15 is 0 Å². The van der Waals surface area contributed by atoms with Crippen molar-refractivity contribution >= 4 is 39.1 Å². The SMILES string of the molecule is CCCNC(=O)[C@H](C)N(Cc1ccccc1F)C(=O)CCCN(c1cccc(Cl)c1)S(C)(=O)=O. The molecule has 1 atom stereocenters. The van der Waals surface area contributed by atoms with Gasteiger partial charge in [0.05, 0.1) is 11.9 Å². The minimum absolute atomic E-state index is 0.0214. The van der Waals surface area contributed by atoms with Crippen molar-refractivity contribution in [1.82, 2.24) is 10.2 Å². The van der Waals surface area contributed by atoms with Crippen molar-refractivity contribution in [3.8, 4) is 0 Å². The maximum absolute atomic E-state index is 14.3. The second-order valence-corrected chi connectivity index (χ2v) is 10.3. The number of carbonyl (C=O) groups is 2. The molecular formula is C24H31ClFN3O4S. The van der Waals surface area contributed by atoms with E-state index in [2.05, 4.69) is 5.32 Å². The molecule has 0 saturated carbocycles. The third kappa shape index (κ3) is 7.99. The largest absolute Gasteiger partial charge is 0.354 e. The molecule has 0 aliphatic rings. The molecule has 2 rings (SSSR count). The Morgan fingerprint density at radius 1 is 1.15 bits per heavy atom. The number of carbonyl (C=O) groups excluding carboxylic acids is 2. The van der Waals surface area contributed by atoms with E-state index in [0.717, 1.165) is 12.7 Å². The zero-order chi connectivity index (χ0) is 25.3. The van der Waals surface area contributed by atoms with E-state index in [1.165, 1.54) is 21.3 Å². The van der Waals surface area contributed by atoms with Gasteiger partial charge in [0.2, 0.25) is 21.8 Å². The minimum atomic E-state index is -3.61. The fraction of sp³-hybridized carbons (Fsp3) is 0.417. The molecule has 0 fully saturated rings. The van der Waals surface area contributed by atoms with Crippen LogP contribution < -0.4 is 9.62 Å². The van der Waals surface area contributed by atoms with E-state index in [4.69, 9.17) is 11.6 Å². The number of amides is 2. The highest BCUT2D eigenvalue weighted by Crippen LogP contribution is 2.23. The van der Waals surface area contributed by atoms with Crippen LogP contribution in [0, 0.1) is 5.82 Å². The van der Waals surface area contributed by atoms with E-state index in [1.54, 1.807) is 43.3 Å². The summed E-state index contributed by atoms with van der Waals surface area (Å²) in [5.41, 5.74) is 0.695. The Labute approximate surface area is 205 Å². The van der Waals surface area contributed by atoms with E-state index in [1.807, 2.05) is 6.92 Å². The summed E-state index contributed by atoms with van der Waals surface area (Å²) in [4.78, 5) is 27.0. The van der Waals surface area contributed by atoms with Crippen molar-refractivity contribution in [3.63, 3.8) is 0 Å². The summed E-state index contributed by atoms with van der Waals surface area (Å²) in [6, 6.07) is 11.7. The van der Waals surface area contributed by atoms with Gasteiger partial charge in [-0.25, -0.2) is 12.8 Å². The molecule has 0 aliphatic carbocycles. The number of benzene rings is 2. The van der Waals surface area contributed by atoms with Crippen molar-refractivity contribution < 1.29 is 22.4 Å². The summed E-state index contributed by atoms with van der Waals surface area (Å²) in [6.07, 6.45) is 2.01. The zero-order valence-electron chi connectivity index (χ0n) is 19.6. The molecule has 0 radical (unpaired) electrons. The highest BCUT2D eigenvalue weighted by Gasteiger charge is 2.27. The van der Waals surface area contributed by atoms with Gasteiger partial charge in [-0.2, -0.15) is 0 Å². The number of anilines is 1. The molecule has 0 unspecified atom stereocenters. The normalized spacial score (nSPS) is 12.1. The van der Waals surface area contributed by atoms with E-state index in [9.17, 15) is 22.4 Å². The Morgan fingerprint density at radius 3 is 2.47 bits per heavy atom. The lowest BCUT2D eigenvalue weighted by molar-refractivity contribution is -0.140. The van der Waals surface area contributed by atoms with Gasteiger partial charge in [0.15, 0.2) is 0 Å². The number of nitrogens with zero attached hydrogens (tertiary/aromatic N) is 2. The molecule has 2 aromatic rings. The Morgan fingerprint density at radius 2 is 1.85 bits per heavy atom. The van der Waals surface area contributed by atoms with Gasteiger partial charge in [-0.1, -0.05) is 42.8 Å². The first-order valence-corrected chi connectivity index (χ1v) is 13.3. The molecule has 34 heavy (non-hydrogen) atoms. The third-order valence-electron chi connectivity index (χ3n) is 5.26. The number of rotatable bonds is 12. The first kappa shape index (κ1) is 27.6. The number of sulfonamides is 1. The standard InChI is InChI=1S/C24H31ClFN3O4S/c1-4-14-27-24(31)18(2)28(17-19-9-5-6-12-22(19)26)23(30)13-8-15-29(34(3,32)33)21-11-7-10-20(25)16-21/h5-7,9-12,16,18H,4,8,13-15,17H2,1-3H3,(H,27,31)/t18-/m0/s1. The quantitative estimate of drug-likeness (QED) is 0.467. The molecule has 0 bridgehead atoms. The number of nitrogens with one attached hydrogen (secondary N) is 1. The van der Waals surface area contributed by atoms with Crippen molar-refractivity contribution in [3.05, 3.63) is 64.9 Å². The maximum atomic E-state index is 14.3. The lowest BCUT2D eigenvalue weighted by Crippen LogP contribution is -2.48. The Hall–Kier alpha value is -2.65. The Balaban J connectivity index is 2.16. The van der Waals surface area contributed by atoms with Crippen molar-refractivity contribution in [2.45, 2.75) is 45.7 Å². The van der Waals surface area contributed by atoms with Crippen LogP contribution in [0.1, 0.15) is 38.7 Å². The molecule has 1 N–H and O–H groups in total. The number of hydrogen-bond donors (Lipinski definition) is 1. The topological polar surface area (TPSA) is 86.8 Å². The summed E-state index contributed by atoms with van der Waals surface area (Å²) in [5.74, 6) is -1.17. The molecular weight excluding hydrogens is 481 g/mol. The average Bonchev–Trinajstić information content (AvgIpc) is 2.78. The van der Waals surface area contributed by atoms with Gasteiger partial charge in [0.1, 0.15) is 11.9 Å². The zero-order valence-corrected chi connectivity index (χ0v) is 21.2. The van der Waals surface area contributed by atoms with Crippen LogP contribution in [-0.4, -0.2) is 50.5 Å². The van der Waals surface area contributed by atoms with Crippen molar-refractivity contribution in [2.75, 3.05) is 23.7 Å². The highest BCUT2D eigenvalue weighted by atomic mass is 35.5. The van der Waals surface area contributed by atoms with Crippen molar-refractivity contribution in [1.29, 1.82) is 0 Å². The van der Waals surface area contributed by atoms with Crippen LogP contribution in [0.25, 0.3) is 0 Å². The molecule has 0 saturated heterocycles. The van der Waals surface area contributed by atoms with Gasteiger partial charge >= 0.3 is 0 Å². The molecule has 7 nitrogen and oxygen atoms in total. The molecule has 0 aromatic heterocycles. The summed E-state index contributed by atoms with van der Waals surface area (Å²) in [6.45, 7) is 3.96. The van der Waals surface area contributed by atoms with E-state index in [-0.39, 0.29) is 37.7 Å². The monoisotopic (exact) mass is 511 g/mol. The first-order chi connectivity index (χ1) is 16.0. The number of halogens is 2. The average molecular weight is 512 g/mol. The van der Waals surface area contributed by atoms with Crippen LogP contribution in [0.2, 0.25) is 5.02 Å². The number of hydrogen-bond acceptors (Lipinski definition) is 4. The molecule has 2 amide bonds. The van der Waals surface area contributed by atoms with Gasteiger partial charge in [0, 0.05) is 36.6 Å². The fourth-order valence-electron chi connectivity index (χ4n) is 3.42. The first-order valence-electron chi connectivity index (χ1n) is 11.1. The van der Waals surface area contributed by atoms with Gasteiger partial charge in [-0.15, -0.1) is 0 Å². The third-order valence-corrected chi connectivity index (χ3v) is 6.69. The lowest BCUT2D eigenvalue weighted by Gasteiger charge is -2.29. The summed E-state index contributed by atoms with van der Waals surface area (Å²) in [7, 11) is -3.61. The van der Waals surface area contributed by atoms with Crippen molar-refractivity contribution in [2.24, 2.45) is 0 Å². The van der Waals surface area contributed by atoms with Gasteiger partial charge < -0.3 is 10.2 Å². The smallest absolute Gasteiger partial charge is 0.242 e. The summed E-state index contributed by atoms with van der Waals surface area (Å²) >= 11 is 6.00. The molecule has 186 valence electrons. The molecule has 0 spiro atoms. The minimum Gasteiger partial charge on any atom is -0.354 e. The predicted octanol–water partition coefficient (Wildman–Crippen LogP) is 3.97. The van der Waals surface area contributed by atoms with Crippen LogP contribution in [-0.2, 0) is 26.2 Å². The second kappa shape index (κ2) is 12.7. The van der Waals surface area contributed by atoms with Gasteiger partial charge in [-0.3, -0.25) is 13.9 Å². The molecule has 10 heteroatoms. The highest BCUT2D eigenvalue weighted by molar-refractivity contribution is 7.92. The molecule has 2 aromatic carbocycles. The van der Waals surface area contributed by atoms with Crippen LogP contribution >= 0.6 is 11.6 Å². The van der Waals surface area contributed by atoms with Crippen LogP contribution in [0.15, 0.2) is 48.5 Å². The Kier molecular flexibility index (Phi) is 10.3. The van der Waals surface area contributed by atoms with E-state index in [0.29, 0.717) is 22.8 Å². The predicted molar refractivity (Wildman–Crippen MR) is 133 cm³/mol. The fourth-order valence-corrected chi connectivity index (χ4v) is 4.57. The van der Waals surface area contributed by atoms with Gasteiger partial charge in [0.25, 0.3) is 0 Å². The Bertz CT molecular complexity index is 1100. The maximum Gasteiger partial charge on any atom is 0.242 e. The van der Waals surface area contributed by atoms with E-state index < -0.39 is 21.9 Å². The second-order valence-electron chi connectivity index (χ2n) is 8.00. The van der Waals surface area contributed by atoms with Crippen LogP contribution in [0.3, 0.4) is 0 Å². The van der Waals surface area contributed by atoms with Gasteiger partial charge in [-0.05, 0) is 44.0 Å². The molecule has 0 aliphatic heterocycles.